The molecule has 0 aromatic heterocycles. The first-order valence-corrected chi connectivity index (χ1v) is 7.17. The molecular weight excluding hydrogens is 242 g/mol. The molecule has 2 N–H and O–H groups in total. The quantitative estimate of drug-likeness (QED) is 0.769. The zero-order valence-corrected chi connectivity index (χ0v) is 13.0. The van der Waals surface area contributed by atoms with Gasteiger partial charge in [0.2, 0.25) is 5.91 Å². The first-order valence-electron chi connectivity index (χ1n) is 7.17. The van der Waals surface area contributed by atoms with Crippen molar-refractivity contribution in [2.45, 2.75) is 52.2 Å². The van der Waals surface area contributed by atoms with Crippen LogP contribution in [-0.2, 0) is 9.53 Å². The molecule has 0 radical (unpaired) electrons. The molecule has 1 fully saturated rings. The molecule has 0 aromatic rings. The lowest BCUT2D eigenvalue weighted by atomic mass is 10.1. The lowest BCUT2D eigenvalue weighted by molar-refractivity contribution is -0.133. The van der Waals surface area contributed by atoms with Gasteiger partial charge in [-0.05, 0) is 34.6 Å². The molecule has 0 spiro atoms. The van der Waals surface area contributed by atoms with Crippen molar-refractivity contribution in [3.8, 4) is 0 Å². The second-order valence-electron chi connectivity index (χ2n) is 6.47. The molecule has 0 aromatic carbocycles. The highest BCUT2D eigenvalue weighted by Gasteiger charge is 2.29. The van der Waals surface area contributed by atoms with Crippen molar-refractivity contribution in [2.75, 3.05) is 32.8 Å². The minimum Gasteiger partial charge on any atom is -0.378 e. The van der Waals surface area contributed by atoms with E-state index in [1.807, 2.05) is 13.8 Å². The fourth-order valence-electron chi connectivity index (χ4n) is 2.10. The highest BCUT2D eigenvalue weighted by molar-refractivity contribution is 5.82. The van der Waals surface area contributed by atoms with Gasteiger partial charge in [-0.25, -0.2) is 0 Å². The van der Waals surface area contributed by atoms with Gasteiger partial charge in [0.1, 0.15) is 6.04 Å². The Kier molecular flexibility index (Phi) is 6.23. The Morgan fingerprint density at radius 2 is 2.11 bits per heavy atom. The number of hydrogen-bond donors (Lipinski definition) is 2. The SMILES string of the molecule is CC(C)NC(=O)C1COCCN1CCNC(C)(C)C. The van der Waals surface area contributed by atoms with E-state index in [0.717, 1.165) is 19.6 Å². The van der Waals surface area contributed by atoms with Crippen LogP contribution in [0, 0.1) is 0 Å². The maximum absolute atomic E-state index is 12.1. The Balaban J connectivity index is 2.46. The predicted molar refractivity (Wildman–Crippen MR) is 77.2 cm³/mol. The summed E-state index contributed by atoms with van der Waals surface area (Å²) in [6, 6.07) is 0.0156. The Bertz CT molecular complexity index is 287. The summed E-state index contributed by atoms with van der Waals surface area (Å²) < 4.78 is 5.44. The van der Waals surface area contributed by atoms with Crippen LogP contribution < -0.4 is 10.6 Å². The smallest absolute Gasteiger partial charge is 0.239 e. The van der Waals surface area contributed by atoms with Gasteiger partial charge in [-0.15, -0.1) is 0 Å². The molecule has 5 heteroatoms. The van der Waals surface area contributed by atoms with Crippen molar-refractivity contribution in [3.63, 3.8) is 0 Å². The standard InChI is InChI=1S/C14H29N3O2/c1-11(2)16-13(18)12-10-19-9-8-17(12)7-6-15-14(3,4)5/h11-12,15H,6-10H2,1-5H3,(H,16,18). The van der Waals surface area contributed by atoms with Crippen LogP contribution in [-0.4, -0.2) is 61.3 Å². The van der Waals surface area contributed by atoms with E-state index in [1.165, 1.54) is 0 Å². The summed E-state index contributed by atoms with van der Waals surface area (Å²) in [6.07, 6.45) is 0. The number of nitrogens with one attached hydrogen (secondary N) is 2. The molecular formula is C14H29N3O2. The molecule has 19 heavy (non-hydrogen) atoms. The van der Waals surface area contributed by atoms with Crippen LogP contribution in [0.4, 0.5) is 0 Å². The molecule has 1 atom stereocenters. The van der Waals surface area contributed by atoms with Gasteiger partial charge in [0.25, 0.3) is 0 Å². The molecule has 1 aliphatic rings. The first-order chi connectivity index (χ1) is 8.79. The van der Waals surface area contributed by atoms with E-state index < -0.39 is 0 Å². The first kappa shape index (κ1) is 16.4. The van der Waals surface area contributed by atoms with Gasteiger partial charge in [-0.2, -0.15) is 0 Å². The summed E-state index contributed by atoms with van der Waals surface area (Å²) >= 11 is 0. The number of rotatable bonds is 5. The van der Waals surface area contributed by atoms with Crippen molar-refractivity contribution in [1.29, 1.82) is 0 Å². The van der Waals surface area contributed by atoms with E-state index >= 15 is 0 Å². The fourth-order valence-corrected chi connectivity index (χ4v) is 2.10. The molecule has 5 nitrogen and oxygen atoms in total. The third kappa shape index (κ3) is 6.36. The van der Waals surface area contributed by atoms with Gasteiger partial charge >= 0.3 is 0 Å². The van der Waals surface area contributed by atoms with Crippen LogP contribution in [0.2, 0.25) is 0 Å². The zero-order chi connectivity index (χ0) is 14.5. The van der Waals surface area contributed by atoms with E-state index in [2.05, 4.69) is 36.3 Å². The van der Waals surface area contributed by atoms with Crippen LogP contribution in [0.15, 0.2) is 0 Å². The highest BCUT2D eigenvalue weighted by atomic mass is 16.5. The molecule has 1 amide bonds. The van der Waals surface area contributed by atoms with Crippen LogP contribution in [0.5, 0.6) is 0 Å². The molecule has 1 rings (SSSR count). The Labute approximate surface area is 117 Å². The maximum atomic E-state index is 12.1. The van der Waals surface area contributed by atoms with Crippen LogP contribution in [0.25, 0.3) is 0 Å². The van der Waals surface area contributed by atoms with Crippen LogP contribution in [0.3, 0.4) is 0 Å². The maximum Gasteiger partial charge on any atom is 0.239 e. The van der Waals surface area contributed by atoms with E-state index in [9.17, 15) is 4.79 Å². The van der Waals surface area contributed by atoms with Gasteiger partial charge in [0, 0.05) is 31.2 Å². The van der Waals surface area contributed by atoms with E-state index in [1.54, 1.807) is 0 Å². The number of nitrogens with zero attached hydrogens (tertiary/aromatic N) is 1. The number of carbonyl (C=O) groups is 1. The van der Waals surface area contributed by atoms with Crippen molar-refractivity contribution >= 4 is 5.91 Å². The minimum atomic E-state index is -0.155. The average molecular weight is 271 g/mol. The largest absolute Gasteiger partial charge is 0.378 e. The number of hydrogen-bond acceptors (Lipinski definition) is 4. The second-order valence-corrected chi connectivity index (χ2v) is 6.47. The van der Waals surface area contributed by atoms with Gasteiger partial charge in [-0.3, -0.25) is 9.69 Å². The molecule has 0 saturated carbocycles. The summed E-state index contributed by atoms with van der Waals surface area (Å²) in [5, 5.41) is 6.42. The van der Waals surface area contributed by atoms with Crippen molar-refractivity contribution in [1.82, 2.24) is 15.5 Å². The van der Waals surface area contributed by atoms with Gasteiger partial charge < -0.3 is 15.4 Å². The third-order valence-corrected chi connectivity index (χ3v) is 3.03. The summed E-state index contributed by atoms with van der Waals surface area (Å²) in [5.74, 6) is 0.0745. The molecule has 1 saturated heterocycles. The number of morpholine rings is 1. The Morgan fingerprint density at radius 1 is 1.42 bits per heavy atom. The Morgan fingerprint density at radius 3 is 2.68 bits per heavy atom. The monoisotopic (exact) mass is 271 g/mol. The van der Waals surface area contributed by atoms with Crippen molar-refractivity contribution in [2.24, 2.45) is 0 Å². The van der Waals surface area contributed by atoms with Gasteiger partial charge in [-0.1, -0.05) is 0 Å². The molecule has 112 valence electrons. The minimum absolute atomic E-state index is 0.0745. The van der Waals surface area contributed by atoms with E-state index in [4.69, 9.17) is 4.74 Å². The topological polar surface area (TPSA) is 53.6 Å². The molecule has 0 aliphatic carbocycles. The fraction of sp³-hybridized carbons (Fsp3) is 0.929. The molecule has 1 heterocycles. The van der Waals surface area contributed by atoms with Crippen LogP contribution in [0.1, 0.15) is 34.6 Å². The van der Waals surface area contributed by atoms with E-state index in [-0.39, 0.29) is 23.5 Å². The lowest BCUT2D eigenvalue weighted by Crippen LogP contribution is -2.56. The van der Waals surface area contributed by atoms with Crippen LogP contribution >= 0.6 is 0 Å². The second kappa shape index (κ2) is 7.22. The van der Waals surface area contributed by atoms with Gasteiger partial charge in [0.15, 0.2) is 0 Å². The average Bonchev–Trinajstić information content (AvgIpc) is 2.27. The van der Waals surface area contributed by atoms with Crippen molar-refractivity contribution < 1.29 is 9.53 Å². The number of amides is 1. The predicted octanol–water partition coefficient (Wildman–Crippen LogP) is 0.600. The lowest BCUT2D eigenvalue weighted by Gasteiger charge is -2.35. The van der Waals surface area contributed by atoms with Crippen molar-refractivity contribution in [3.05, 3.63) is 0 Å². The zero-order valence-electron chi connectivity index (χ0n) is 13.0. The normalized spacial score (nSPS) is 21.7. The number of carbonyl (C=O) groups excluding carboxylic acids is 1. The Hall–Kier alpha value is -0.650. The van der Waals surface area contributed by atoms with Gasteiger partial charge in [0.05, 0.1) is 13.2 Å². The molecule has 1 unspecified atom stereocenters. The summed E-state index contributed by atoms with van der Waals surface area (Å²) in [6.45, 7) is 14.2. The third-order valence-electron chi connectivity index (χ3n) is 3.03. The summed E-state index contributed by atoms with van der Waals surface area (Å²) in [4.78, 5) is 14.3. The molecule has 0 bridgehead atoms. The van der Waals surface area contributed by atoms with E-state index in [0.29, 0.717) is 13.2 Å². The molecule has 1 aliphatic heterocycles. The summed E-state index contributed by atoms with van der Waals surface area (Å²) in [5.41, 5.74) is 0.113. The summed E-state index contributed by atoms with van der Waals surface area (Å²) in [7, 11) is 0. The highest BCUT2D eigenvalue weighted by Crippen LogP contribution is 2.07. The number of ether oxygens (including phenoxy) is 1.